The van der Waals surface area contributed by atoms with E-state index in [1.165, 1.54) is 11.3 Å². The third kappa shape index (κ3) is 3.86. The van der Waals surface area contributed by atoms with E-state index in [9.17, 15) is 0 Å². The van der Waals surface area contributed by atoms with E-state index >= 15 is 0 Å². The second-order valence-corrected chi connectivity index (χ2v) is 4.39. The van der Waals surface area contributed by atoms with Crippen molar-refractivity contribution in [3.63, 3.8) is 0 Å². The molecular weight excluding hydrogens is 208 g/mol. The first kappa shape index (κ1) is 12.6. The van der Waals surface area contributed by atoms with E-state index in [1.807, 2.05) is 11.8 Å². The standard InChI is InChI=1S/C12H18O2S/c1-4-9-15-11-7-5-10(6-8-11)12(13-2)14-3/h5-8,12H,4,9H2,1-3H3. The summed E-state index contributed by atoms with van der Waals surface area (Å²) < 4.78 is 10.4. The molecule has 0 amide bonds. The average Bonchev–Trinajstić information content (AvgIpc) is 2.29. The summed E-state index contributed by atoms with van der Waals surface area (Å²) in [6.07, 6.45) is 0.945. The first-order chi connectivity index (χ1) is 7.31. The number of methoxy groups -OCH3 is 2. The van der Waals surface area contributed by atoms with E-state index in [2.05, 4.69) is 31.2 Å². The molecule has 0 aliphatic heterocycles. The van der Waals surface area contributed by atoms with Crippen LogP contribution < -0.4 is 0 Å². The molecular formula is C12H18O2S. The van der Waals surface area contributed by atoms with Crippen LogP contribution in [0.5, 0.6) is 0 Å². The quantitative estimate of drug-likeness (QED) is 0.546. The lowest BCUT2D eigenvalue weighted by atomic mass is 10.2. The van der Waals surface area contributed by atoms with Crippen molar-refractivity contribution in [2.75, 3.05) is 20.0 Å². The second kappa shape index (κ2) is 6.88. The summed E-state index contributed by atoms with van der Waals surface area (Å²) in [6, 6.07) is 8.33. The molecule has 0 saturated heterocycles. The Morgan fingerprint density at radius 3 is 2.20 bits per heavy atom. The second-order valence-electron chi connectivity index (χ2n) is 3.22. The molecule has 2 nitrogen and oxygen atoms in total. The van der Waals surface area contributed by atoms with E-state index in [-0.39, 0.29) is 6.29 Å². The lowest BCUT2D eigenvalue weighted by molar-refractivity contribution is -0.106. The van der Waals surface area contributed by atoms with Gasteiger partial charge in [-0.1, -0.05) is 19.1 Å². The molecule has 0 saturated carbocycles. The van der Waals surface area contributed by atoms with E-state index in [0.29, 0.717) is 0 Å². The van der Waals surface area contributed by atoms with Crippen LogP contribution in [0.15, 0.2) is 29.2 Å². The fraction of sp³-hybridized carbons (Fsp3) is 0.500. The predicted octanol–water partition coefficient (Wildman–Crippen LogP) is 3.48. The van der Waals surface area contributed by atoms with Gasteiger partial charge in [0.25, 0.3) is 0 Å². The van der Waals surface area contributed by atoms with Crippen LogP contribution in [0.2, 0.25) is 0 Å². The first-order valence-corrected chi connectivity index (χ1v) is 6.08. The third-order valence-corrected chi connectivity index (χ3v) is 3.27. The minimum atomic E-state index is -0.254. The summed E-state index contributed by atoms with van der Waals surface area (Å²) in [6.45, 7) is 2.19. The van der Waals surface area contributed by atoms with Gasteiger partial charge in [-0.25, -0.2) is 0 Å². The number of rotatable bonds is 6. The van der Waals surface area contributed by atoms with E-state index in [0.717, 1.165) is 11.3 Å². The van der Waals surface area contributed by atoms with E-state index in [4.69, 9.17) is 9.47 Å². The SMILES string of the molecule is CCCSc1ccc(C(OC)OC)cc1. The van der Waals surface area contributed by atoms with Crippen molar-refractivity contribution in [3.05, 3.63) is 29.8 Å². The highest BCUT2D eigenvalue weighted by molar-refractivity contribution is 7.99. The first-order valence-electron chi connectivity index (χ1n) is 5.10. The molecule has 1 rings (SSSR count). The van der Waals surface area contributed by atoms with Gasteiger partial charge in [-0.15, -0.1) is 11.8 Å². The van der Waals surface area contributed by atoms with Gasteiger partial charge in [-0.05, 0) is 24.3 Å². The minimum absolute atomic E-state index is 0.254. The summed E-state index contributed by atoms with van der Waals surface area (Å²) in [5.41, 5.74) is 1.06. The number of ether oxygens (including phenoxy) is 2. The highest BCUT2D eigenvalue weighted by atomic mass is 32.2. The van der Waals surface area contributed by atoms with Crippen LogP contribution in [0.1, 0.15) is 25.2 Å². The van der Waals surface area contributed by atoms with Crippen LogP contribution >= 0.6 is 11.8 Å². The van der Waals surface area contributed by atoms with Crippen molar-refractivity contribution < 1.29 is 9.47 Å². The maximum atomic E-state index is 5.18. The van der Waals surface area contributed by atoms with Gasteiger partial charge in [0.1, 0.15) is 0 Å². The van der Waals surface area contributed by atoms with Crippen molar-refractivity contribution in [3.8, 4) is 0 Å². The molecule has 0 unspecified atom stereocenters. The Hall–Kier alpha value is -0.510. The molecule has 0 bridgehead atoms. The van der Waals surface area contributed by atoms with Crippen molar-refractivity contribution in [1.29, 1.82) is 0 Å². The average molecular weight is 226 g/mol. The number of benzene rings is 1. The summed E-state index contributed by atoms with van der Waals surface area (Å²) in [5, 5.41) is 0. The van der Waals surface area contributed by atoms with Crippen LogP contribution in [-0.2, 0) is 9.47 Å². The fourth-order valence-corrected chi connectivity index (χ4v) is 2.08. The van der Waals surface area contributed by atoms with E-state index < -0.39 is 0 Å². The lowest BCUT2D eigenvalue weighted by Gasteiger charge is -2.13. The maximum Gasteiger partial charge on any atom is 0.183 e. The molecule has 0 aliphatic rings. The van der Waals surface area contributed by atoms with Gasteiger partial charge in [0.05, 0.1) is 0 Å². The van der Waals surface area contributed by atoms with Crippen LogP contribution in [0, 0.1) is 0 Å². The maximum absolute atomic E-state index is 5.18. The number of thioether (sulfide) groups is 1. The fourth-order valence-electron chi connectivity index (χ4n) is 1.31. The van der Waals surface area contributed by atoms with E-state index in [1.54, 1.807) is 14.2 Å². The lowest BCUT2D eigenvalue weighted by Crippen LogP contribution is -2.02. The van der Waals surface area contributed by atoms with Gasteiger partial charge < -0.3 is 9.47 Å². The number of hydrogen-bond donors (Lipinski definition) is 0. The molecule has 0 spiro atoms. The zero-order valence-electron chi connectivity index (χ0n) is 9.53. The summed E-state index contributed by atoms with van der Waals surface area (Å²) in [4.78, 5) is 1.30. The topological polar surface area (TPSA) is 18.5 Å². The van der Waals surface area contributed by atoms with Gasteiger partial charge in [-0.2, -0.15) is 0 Å². The molecule has 1 aromatic carbocycles. The highest BCUT2D eigenvalue weighted by Gasteiger charge is 2.07. The van der Waals surface area contributed by atoms with Crippen molar-refractivity contribution in [1.82, 2.24) is 0 Å². The van der Waals surface area contributed by atoms with Crippen molar-refractivity contribution in [2.24, 2.45) is 0 Å². The Labute approximate surface area is 96.0 Å². The Bertz CT molecular complexity index is 267. The molecule has 84 valence electrons. The van der Waals surface area contributed by atoms with Gasteiger partial charge in [0.15, 0.2) is 6.29 Å². The molecule has 0 atom stereocenters. The minimum Gasteiger partial charge on any atom is -0.352 e. The zero-order chi connectivity index (χ0) is 11.1. The predicted molar refractivity (Wildman–Crippen MR) is 64.2 cm³/mol. The van der Waals surface area contributed by atoms with Crippen LogP contribution in [0.3, 0.4) is 0 Å². The number of hydrogen-bond acceptors (Lipinski definition) is 3. The largest absolute Gasteiger partial charge is 0.352 e. The monoisotopic (exact) mass is 226 g/mol. The molecule has 1 aromatic rings. The van der Waals surface area contributed by atoms with Gasteiger partial charge in [-0.3, -0.25) is 0 Å². The summed E-state index contributed by atoms with van der Waals surface area (Å²) in [5.74, 6) is 1.16. The van der Waals surface area contributed by atoms with Crippen molar-refractivity contribution in [2.45, 2.75) is 24.5 Å². The normalized spacial score (nSPS) is 10.9. The molecule has 0 aromatic heterocycles. The van der Waals surface area contributed by atoms with Crippen molar-refractivity contribution >= 4 is 11.8 Å². The molecule has 3 heteroatoms. The Morgan fingerprint density at radius 1 is 1.13 bits per heavy atom. The van der Waals surface area contributed by atoms with Gasteiger partial charge in [0.2, 0.25) is 0 Å². The third-order valence-electron chi connectivity index (χ3n) is 2.05. The Balaban J connectivity index is 2.62. The Kier molecular flexibility index (Phi) is 5.76. The van der Waals surface area contributed by atoms with Crippen LogP contribution in [0.4, 0.5) is 0 Å². The summed E-state index contributed by atoms with van der Waals surface area (Å²) in [7, 11) is 3.29. The van der Waals surface area contributed by atoms with Crippen LogP contribution in [-0.4, -0.2) is 20.0 Å². The molecule has 0 heterocycles. The van der Waals surface area contributed by atoms with Gasteiger partial charge >= 0.3 is 0 Å². The highest BCUT2D eigenvalue weighted by Crippen LogP contribution is 2.23. The smallest absolute Gasteiger partial charge is 0.183 e. The molecule has 15 heavy (non-hydrogen) atoms. The van der Waals surface area contributed by atoms with Crippen LogP contribution in [0.25, 0.3) is 0 Å². The molecule has 0 N–H and O–H groups in total. The Morgan fingerprint density at radius 2 is 1.73 bits per heavy atom. The molecule has 0 aliphatic carbocycles. The van der Waals surface area contributed by atoms with Gasteiger partial charge in [0, 0.05) is 24.7 Å². The zero-order valence-corrected chi connectivity index (χ0v) is 10.3. The molecule has 0 radical (unpaired) electrons. The molecule has 0 fully saturated rings. The summed E-state index contributed by atoms with van der Waals surface area (Å²) >= 11 is 1.87.